The van der Waals surface area contributed by atoms with E-state index in [0.717, 1.165) is 12.8 Å². The van der Waals surface area contributed by atoms with Crippen LogP contribution in [0, 0.1) is 17.1 Å². The van der Waals surface area contributed by atoms with Crippen molar-refractivity contribution in [2.45, 2.75) is 45.3 Å². The number of halogens is 1. The van der Waals surface area contributed by atoms with Crippen LogP contribution in [-0.2, 0) is 4.74 Å². The van der Waals surface area contributed by atoms with Crippen molar-refractivity contribution in [2.24, 2.45) is 0 Å². The van der Waals surface area contributed by atoms with Crippen molar-refractivity contribution in [1.29, 1.82) is 5.26 Å². The zero-order valence-corrected chi connectivity index (χ0v) is 13.7. The summed E-state index contributed by atoms with van der Waals surface area (Å²) in [4.78, 5) is 13.9. The Kier molecular flexibility index (Phi) is 5.09. The molecular formula is C17H22FN3O2. The third-order valence-corrected chi connectivity index (χ3v) is 3.64. The summed E-state index contributed by atoms with van der Waals surface area (Å²) in [5, 5.41) is 12.2. The fourth-order valence-corrected chi connectivity index (χ4v) is 2.60. The second-order valence-electron chi connectivity index (χ2n) is 6.65. The molecule has 1 saturated heterocycles. The molecule has 1 N–H and O–H groups in total. The number of nitriles is 1. The van der Waals surface area contributed by atoms with Crippen molar-refractivity contribution in [3.63, 3.8) is 0 Å². The highest BCUT2D eigenvalue weighted by Crippen LogP contribution is 2.22. The van der Waals surface area contributed by atoms with Crippen molar-refractivity contribution in [1.82, 2.24) is 4.90 Å². The molecule has 124 valence electrons. The lowest BCUT2D eigenvalue weighted by molar-refractivity contribution is 0.0235. The first-order chi connectivity index (χ1) is 10.8. The van der Waals surface area contributed by atoms with Crippen LogP contribution in [0.3, 0.4) is 0 Å². The van der Waals surface area contributed by atoms with Crippen LogP contribution in [0.1, 0.15) is 39.2 Å². The van der Waals surface area contributed by atoms with E-state index in [0.29, 0.717) is 18.8 Å². The Hall–Kier alpha value is -2.29. The Balaban J connectivity index is 2.00. The summed E-state index contributed by atoms with van der Waals surface area (Å²) in [6, 6.07) is 6.02. The molecule has 0 spiro atoms. The number of likely N-dealkylation sites (tertiary alicyclic amines) is 1. The second kappa shape index (κ2) is 6.86. The molecule has 6 heteroatoms. The van der Waals surface area contributed by atoms with E-state index >= 15 is 0 Å². The van der Waals surface area contributed by atoms with Gasteiger partial charge in [0.05, 0.1) is 17.3 Å². The molecule has 1 atom stereocenters. The van der Waals surface area contributed by atoms with Crippen molar-refractivity contribution in [2.75, 3.05) is 18.4 Å². The van der Waals surface area contributed by atoms with E-state index < -0.39 is 11.4 Å². The number of nitrogens with one attached hydrogen (secondary N) is 1. The largest absolute Gasteiger partial charge is 0.444 e. The molecule has 1 aromatic carbocycles. The highest BCUT2D eigenvalue weighted by Gasteiger charge is 2.32. The molecule has 1 fully saturated rings. The topological polar surface area (TPSA) is 65.4 Å². The van der Waals surface area contributed by atoms with E-state index in [4.69, 9.17) is 10.00 Å². The highest BCUT2D eigenvalue weighted by atomic mass is 19.1. The van der Waals surface area contributed by atoms with Gasteiger partial charge in [-0.05, 0) is 51.8 Å². The molecule has 1 aromatic rings. The number of carbonyl (C=O) groups excluding carboxylic acids is 1. The van der Waals surface area contributed by atoms with Gasteiger partial charge in [-0.25, -0.2) is 9.18 Å². The minimum atomic E-state index is -0.525. The molecule has 23 heavy (non-hydrogen) atoms. The Bertz CT molecular complexity index is 619. The van der Waals surface area contributed by atoms with Crippen LogP contribution in [0.5, 0.6) is 0 Å². The van der Waals surface area contributed by atoms with Gasteiger partial charge in [-0.15, -0.1) is 0 Å². The molecule has 1 aliphatic rings. The fraction of sp³-hybridized carbons (Fsp3) is 0.529. The summed E-state index contributed by atoms with van der Waals surface area (Å²) < 4.78 is 18.6. The second-order valence-corrected chi connectivity index (χ2v) is 6.65. The number of anilines is 1. The van der Waals surface area contributed by atoms with E-state index in [2.05, 4.69) is 5.32 Å². The molecule has 0 bridgehead atoms. The summed E-state index contributed by atoms with van der Waals surface area (Å²) in [6.45, 7) is 6.68. The zero-order valence-electron chi connectivity index (χ0n) is 13.7. The first kappa shape index (κ1) is 17.1. The van der Waals surface area contributed by atoms with E-state index in [1.807, 2.05) is 26.8 Å². The number of ether oxygens (including phenoxy) is 1. The van der Waals surface area contributed by atoms with Crippen LogP contribution >= 0.6 is 0 Å². The van der Waals surface area contributed by atoms with Crippen molar-refractivity contribution >= 4 is 11.8 Å². The van der Waals surface area contributed by atoms with Gasteiger partial charge in [-0.1, -0.05) is 0 Å². The Morgan fingerprint density at radius 1 is 1.52 bits per heavy atom. The number of hydrogen-bond acceptors (Lipinski definition) is 4. The Labute approximate surface area is 136 Å². The molecule has 1 amide bonds. The maximum Gasteiger partial charge on any atom is 0.410 e. The van der Waals surface area contributed by atoms with Crippen molar-refractivity contribution in [3.8, 4) is 6.07 Å². The quantitative estimate of drug-likeness (QED) is 0.926. The third-order valence-electron chi connectivity index (χ3n) is 3.64. The van der Waals surface area contributed by atoms with Gasteiger partial charge in [-0.2, -0.15) is 5.26 Å². The van der Waals surface area contributed by atoms with Gasteiger partial charge >= 0.3 is 6.09 Å². The monoisotopic (exact) mass is 319 g/mol. The van der Waals surface area contributed by atoms with Crippen LogP contribution < -0.4 is 5.32 Å². The Morgan fingerprint density at radius 3 is 2.91 bits per heavy atom. The normalized spacial score (nSPS) is 17.7. The minimum Gasteiger partial charge on any atom is -0.444 e. The SMILES string of the molecule is CC(C)(C)OC(=O)N1CCCC1CNc1ccc(F)cc1C#N. The number of nitrogens with zero attached hydrogens (tertiary/aromatic N) is 2. The first-order valence-electron chi connectivity index (χ1n) is 7.73. The van der Waals surface area contributed by atoms with Crippen molar-refractivity contribution in [3.05, 3.63) is 29.6 Å². The number of amides is 1. The predicted octanol–water partition coefficient (Wildman–Crippen LogP) is 3.51. The molecule has 0 aromatic heterocycles. The third kappa shape index (κ3) is 4.59. The lowest BCUT2D eigenvalue weighted by atomic mass is 10.1. The highest BCUT2D eigenvalue weighted by molar-refractivity contribution is 5.69. The fourth-order valence-electron chi connectivity index (χ4n) is 2.60. The maximum atomic E-state index is 13.2. The average molecular weight is 319 g/mol. The van der Waals surface area contributed by atoms with Crippen LogP contribution in [0.2, 0.25) is 0 Å². The summed E-state index contributed by atoms with van der Waals surface area (Å²) in [7, 11) is 0. The summed E-state index contributed by atoms with van der Waals surface area (Å²) in [6.07, 6.45) is 1.47. The van der Waals surface area contributed by atoms with Gasteiger partial charge in [-0.3, -0.25) is 0 Å². The Morgan fingerprint density at radius 2 is 2.26 bits per heavy atom. The number of hydrogen-bond donors (Lipinski definition) is 1. The summed E-state index contributed by atoms with van der Waals surface area (Å²) in [5.41, 5.74) is 0.305. The van der Waals surface area contributed by atoms with Crippen LogP contribution in [0.15, 0.2) is 18.2 Å². The van der Waals surface area contributed by atoms with E-state index in [1.165, 1.54) is 12.1 Å². The lowest BCUT2D eigenvalue weighted by Gasteiger charge is -2.29. The van der Waals surface area contributed by atoms with Crippen molar-refractivity contribution < 1.29 is 13.9 Å². The molecule has 1 heterocycles. The van der Waals surface area contributed by atoms with E-state index in [-0.39, 0.29) is 17.7 Å². The molecule has 1 unspecified atom stereocenters. The van der Waals surface area contributed by atoms with Crippen LogP contribution in [0.25, 0.3) is 0 Å². The molecule has 0 radical (unpaired) electrons. The van der Waals surface area contributed by atoms with Gasteiger partial charge in [0.2, 0.25) is 0 Å². The van der Waals surface area contributed by atoms with E-state index in [1.54, 1.807) is 11.0 Å². The van der Waals surface area contributed by atoms with Crippen LogP contribution in [-0.4, -0.2) is 35.7 Å². The predicted molar refractivity (Wildman–Crippen MR) is 85.6 cm³/mol. The first-order valence-corrected chi connectivity index (χ1v) is 7.73. The summed E-state index contributed by atoms with van der Waals surface area (Å²) in [5.74, 6) is -0.441. The number of benzene rings is 1. The van der Waals surface area contributed by atoms with Gasteiger partial charge in [0.25, 0.3) is 0 Å². The molecule has 0 saturated carbocycles. The summed E-state index contributed by atoms with van der Waals surface area (Å²) >= 11 is 0. The standard InChI is InChI=1S/C17H22FN3O2/c1-17(2,3)23-16(22)21-8-4-5-14(21)11-20-15-7-6-13(18)9-12(15)10-19/h6-7,9,14,20H,4-5,8,11H2,1-3H3. The van der Waals surface area contributed by atoms with Gasteiger partial charge in [0.15, 0.2) is 0 Å². The average Bonchev–Trinajstić information content (AvgIpc) is 2.92. The maximum absolute atomic E-state index is 13.2. The zero-order chi connectivity index (χ0) is 17.0. The number of carbonyl (C=O) groups is 1. The smallest absolute Gasteiger partial charge is 0.410 e. The molecular weight excluding hydrogens is 297 g/mol. The van der Waals surface area contributed by atoms with Gasteiger partial charge < -0.3 is 15.0 Å². The molecule has 5 nitrogen and oxygen atoms in total. The van der Waals surface area contributed by atoms with Gasteiger partial charge in [0.1, 0.15) is 17.5 Å². The minimum absolute atomic E-state index is 0.00134. The molecule has 0 aliphatic carbocycles. The van der Waals surface area contributed by atoms with E-state index in [9.17, 15) is 9.18 Å². The number of rotatable bonds is 3. The van der Waals surface area contributed by atoms with Gasteiger partial charge in [0, 0.05) is 13.1 Å². The molecule has 2 rings (SSSR count). The van der Waals surface area contributed by atoms with Crippen LogP contribution in [0.4, 0.5) is 14.9 Å². The lowest BCUT2D eigenvalue weighted by Crippen LogP contribution is -2.42. The molecule has 1 aliphatic heterocycles.